The Morgan fingerprint density at radius 2 is 1.30 bits per heavy atom. The minimum Gasteiger partial charge on any atom is -0.467 e. The lowest BCUT2D eigenvalue weighted by atomic mass is 9.84. The Hall–Kier alpha value is -5.35. The van der Waals surface area contributed by atoms with Gasteiger partial charge in [-0.2, -0.15) is 0 Å². The SMILES string of the molecule is COC(=O)[C@H](Cc1cnc[nH]1)NC(=O)[C@H](CSC(c1ccccc1)(c1ccccc1)c1ccccc1)NC(=O)OCc1ccccc1. The Morgan fingerprint density at radius 1 is 0.766 bits per heavy atom. The summed E-state index contributed by atoms with van der Waals surface area (Å²) in [6, 6.07) is 37.3. The molecule has 240 valence electrons. The summed E-state index contributed by atoms with van der Waals surface area (Å²) in [5, 5.41) is 5.56. The topological polar surface area (TPSA) is 122 Å². The van der Waals surface area contributed by atoms with Gasteiger partial charge in [-0.3, -0.25) is 4.79 Å². The smallest absolute Gasteiger partial charge is 0.408 e. The van der Waals surface area contributed by atoms with E-state index in [9.17, 15) is 14.4 Å². The molecule has 0 aliphatic carbocycles. The van der Waals surface area contributed by atoms with Gasteiger partial charge in [0.1, 0.15) is 18.7 Å². The summed E-state index contributed by atoms with van der Waals surface area (Å²) < 4.78 is 9.75. The number of nitrogens with zero attached hydrogens (tertiary/aromatic N) is 1. The van der Waals surface area contributed by atoms with E-state index in [0.29, 0.717) is 5.69 Å². The zero-order valence-corrected chi connectivity index (χ0v) is 26.7. The molecule has 0 aliphatic heterocycles. The van der Waals surface area contributed by atoms with Crippen molar-refractivity contribution < 1.29 is 23.9 Å². The summed E-state index contributed by atoms with van der Waals surface area (Å²) in [7, 11) is 1.26. The molecule has 4 aromatic carbocycles. The lowest BCUT2D eigenvalue weighted by Crippen LogP contribution is -2.54. The monoisotopic (exact) mass is 648 g/mol. The Labute approximate surface area is 278 Å². The minimum absolute atomic E-state index is 0.0285. The maximum Gasteiger partial charge on any atom is 0.408 e. The molecule has 1 heterocycles. The Kier molecular flexibility index (Phi) is 11.4. The third-order valence-corrected chi connectivity index (χ3v) is 9.25. The molecule has 0 bridgehead atoms. The molecule has 0 saturated heterocycles. The maximum atomic E-state index is 14.0. The van der Waals surface area contributed by atoms with Crippen molar-refractivity contribution in [3.8, 4) is 0 Å². The van der Waals surface area contributed by atoms with Gasteiger partial charge in [0.2, 0.25) is 5.91 Å². The standard InChI is InChI=1S/C37H36N4O5S/c1-45-35(43)32(22-31-23-38-26-39-31)40-34(42)33(41-36(44)46-24-27-14-6-2-7-15-27)25-47-37(28-16-8-3-9-17-28,29-18-10-4-11-19-29)30-20-12-5-13-21-30/h2-21,23,26,32-33H,22,24-25H2,1H3,(H,38,39)(H,40,42)(H,41,44)/t32-,33-/m0/s1. The van der Waals surface area contributed by atoms with Gasteiger partial charge in [0.15, 0.2) is 0 Å². The summed E-state index contributed by atoms with van der Waals surface area (Å²) in [4.78, 5) is 46.9. The highest BCUT2D eigenvalue weighted by molar-refractivity contribution is 8.00. The fourth-order valence-electron chi connectivity index (χ4n) is 5.29. The van der Waals surface area contributed by atoms with Crippen LogP contribution in [-0.4, -0.2) is 52.9 Å². The van der Waals surface area contributed by atoms with Crippen molar-refractivity contribution in [3.63, 3.8) is 0 Å². The predicted octanol–water partition coefficient (Wildman–Crippen LogP) is 5.63. The van der Waals surface area contributed by atoms with Crippen LogP contribution in [0.4, 0.5) is 4.79 Å². The lowest BCUT2D eigenvalue weighted by Gasteiger charge is -2.36. The molecule has 0 saturated carbocycles. The summed E-state index contributed by atoms with van der Waals surface area (Å²) in [5.41, 5.74) is 4.44. The van der Waals surface area contributed by atoms with Crippen LogP contribution in [0.15, 0.2) is 134 Å². The van der Waals surface area contributed by atoms with Crippen molar-refractivity contribution in [2.45, 2.75) is 29.9 Å². The zero-order valence-electron chi connectivity index (χ0n) is 25.9. The molecule has 9 nitrogen and oxygen atoms in total. The molecule has 10 heteroatoms. The molecule has 3 N–H and O–H groups in total. The number of benzene rings is 4. The average Bonchev–Trinajstić information content (AvgIpc) is 3.65. The second-order valence-electron chi connectivity index (χ2n) is 10.7. The van der Waals surface area contributed by atoms with Crippen molar-refractivity contribution in [2.24, 2.45) is 0 Å². The van der Waals surface area contributed by atoms with Crippen LogP contribution in [0.25, 0.3) is 0 Å². The number of amides is 2. The van der Waals surface area contributed by atoms with Gasteiger partial charge in [-0.15, -0.1) is 11.8 Å². The summed E-state index contributed by atoms with van der Waals surface area (Å²) >= 11 is 1.50. The lowest BCUT2D eigenvalue weighted by molar-refractivity contribution is -0.145. The Balaban J connectivity index is 1.47. The first-order chi connectivity index (χ1) is 23.0. The van der Waals surface area contributed by atoms with Gasteiger partial charge in [0.05, 0.1) is 18.2 Å². The number of thioether (sulfide) groups is 1. The van der Waals surface area contributed by atoms with E-state index in [1.807, 2.05) is 84.9 Å². The minimum atomic E-state index is -1.09. The fraction of sp³-hybridized carbons (Fsp3) is 0.189. The second kappa shape index (κ2) is 16.3. The van der Waals surface area contributed by atoms with E-state index in [2.05, 4.69) is 57.0 Å². The molecule has 2 amide bonds. The van der Waals surface area contributed by atoms with E-state index >= 15 is 0 Å². The van der Waals surface area contributed by atoms with Crippen molar-refractivity contribution in [3.05, 3.63) is 162 Å². The molecule has 0 aliphatic rings. The molecule has 47 heavy (non-hydrogen) atoms. The fourth-order valence-corrected chi connectivity index (χ4v) is 6.85. The number of carbonyl (C=O) groups excluding carboxylic acids is 3. The normalized spacial score (nSPS) is 12.4. The number of methoxy groups -OCH3 is 1. The van der Waals surface area contributed by atoms with E-state index in [-0.39, 0.29) is 18.8 Å². The van der Waals surface area contributed by atoms with Crippen LogP contribution in [0.2, 0.25) is 0 Å². The van der Waals surface area contributed by atoms with Gasteiger partial charge < -0.3 is 25.1 Å². The number of H-pyrrole nitrogens is 1. The first kappa shape index (κ1) is 33.0. The molecule has 0 fully saturated rings. The van der Waals surface area contributed by atoms with Gasteiger partial charge in [0, 0.05) is 24.1 Å². The molecule has 1 aromatic heterocycles. The summed E-state index contributed by atoms with van der Waals surface area (Å²) in [6.45, 7) is 0.0285. The van der Waals surface area contributed by atoms with E-state index < -0.39 is 34.8 Å². The van der Waals surface area contributed by atoms with E-state index in [1.165, 1.54) is 25.2 Å². The Bertz CT molecular complexity index is 1610. The number of ether oxygens (including phenoxy) is 2. The molecule has 5 rings (SSSR count). The second-order valence-corrected chi connectivity index (χ2v) is 11.9. The van der Waals surface area contributed by atoms with Crippen LogP contribution >= 0.6 is 11.8 Å². The van der Waals surface area contributed by atoms with E-state index in [0.717, 1.165) is 22.3 Å². The van der Waals surface area contributed by atoms with Crippen LogP contribution < -0.4 is 10.6 Å². The number of rotatable bonds is 14. The van der Waals surface area contributed by atoms with E-state index in [4.69, 9.17) is 9.47 Å². The number of aromatic nitrogens is 2. The summed E-state index contributed by atoms with van der Waals surface area (Å²) in [6.07, 6.45) is 2.43. The Morgan fingerprint density at radius 3 is 1.79 bits per heavy atom. The van der Waals surface area contributed by atoms with Crippen molar-refractivity contribution in [1.29, 1.82) is 0 Å². The third-order valence-electron chi connectivity index (χ3n) is 7.61. The van der Waals surface area contributed by atoms with Gasteiger partial charge in [-0.25, -0.2) is 14.6 Å². The van der Waals surface area contributed by atoms with Crippen LogP contribution in [0.3, 0.4) is 0 Å². The van der Waals surface area contributed by atoms with Crippen LogP contribution in [0, 0.1) is 0 Å². The van der Waals surface area contributed by atoms with E-state index in [1.54, 1.807) is 6.20 Å². The molecular formula is C37H36N4O5S. The number of alkyl carbamates (subject to hydrolysis) is 1. The highest BCUT2D eigenvalue weighted by Gasteiger charge is 2.39. The highest BCUT2D eigenvalue weighted by Crippen LogP contribution is 2.48. The molecular weight excluding hydrogens is 612 g/mol. The number of hydrogen-bond donors (Lipinski definition) is 3. The number of aromatic amines is 1. The van der Waals surface area contributed by atoms with Gasteiger partial charge in [0.25, 0.3) is 0 Å². The predicted molar refractivity (Wildman–Crippen MR) is 181 cm³/mol. The highest BCUT2D eigenvalue weighted by atomic mass is 32.2. The zero-order chi connectivity index (χ0) is 32.9. The first-order valence-corrected chi connectivity index (χ1v) is 16.1. The van der Waals surface area contributed by atoms with Crippen LogP contribution in [-0.2, 0) is 36.8 Å². The molecule has 0 spiro atoms. The number of nitrogens with one attached hydrogen (secondary N) is 3. The van der Waals surface area contributed by atoms with Crippen molar-refractivity contribution in [2.75, 3.05) is 12.9 Å². The first-order valence-electron chi connectivity index (χ1n) is 15.1. The van der Waals surface area contributed by atoms with Gasteiger partial charge >= 0.3 is 12.1 Å². The van der Waals surface area contributed by atoms with Gasteiger partial charge in [-0.05, 0) is 22.3 Å². The molecule has 2 atom stereocenters. The van der Waals surface area contributed by atoms with Crippen molar-refractivity contribution >= 4 is 29.7 Å². The average molecular weight is 649 g/mol. The number of imidazole rings is 1. The number of hydrogen-bond acceptors (Lipinski definition) is 7. The number of esters is 1. The van der Waals surface area contributed by atoms with Crippen LogP contribution in [0.1, 0.15) is 27.9 Å². The van der Waals surface area contributed by atoms with Crippen molar-refractivity contribution in [1.82, 2.24) is 20.6 Å². The molecule has 5 aromatic rings. The number of carbonyl (C=O) groups is 3. The third kappa shape index (κ3) is 8.47. The van der Waals surface area contributed by atoms with Gasteiger partial charge in [-0.1, -0.05) is 121 Å². The largest absolute Gasteiger partial charge is 0.467 e. The summed E-state index contributed by atoms with van der Waals surface area (Å²) in [5.74, 6) is -1.06. The molecule has 0 unspecified atom stereocenters. The molecule has 0 radical (unpaired) electrons. The quantitative estimate of drug-likeness (QED) is 0.105. The van der Waals surface area contributed by atoms with Crippen LogP contribution in [0.5, 0.6) is 0 Å². The maximum absolute atomic E-state index is 14.0.